The van der Waals surface area contributed by atoms with Crippen molar-refractivity contribution in [3.05, 3.63) is 42.0 Å². The van der Waals surface area contributed by atoms with Crippen molar-refractivity contribution in [2.45, 2.75) is 10.8 Å². The fourth-order valence-corrected chi connectivity index (χ4v) is 2.61. The lowest BCUT2D eigenvalue weighted by atomic mass is 10.2. The van der Waals surface area contributed by atoms with Crippen molar-refractivity contribution in [3.8, 4) is 0 Å². The van der Waals surface area contributed by atoms with Crippen LogP contribution in [0.15, 0.2) is 36.4 Å². The number of amides is 2. The molecule has 22 heavy (non-hydrogen) atoms. The molecule has 2 amide bonds. The fraction of sp³-hybridized carbons (Fsp3) is 0.267. The molecule has 1 heterocycles. The van der Waals surface area contributed by atoms with Crippen LogP contribution in [0.1, 0.15) is 16.8 Å². The Labute approximate surface area is 136 Å². The van der Waals surface area contributed by atoms with Gasteiger partial charge in [0.05, 0.1) is 17.9 Å². The molecule has 2 aliphatic rings. The number of carbonyl (C=O) groups excluding carboxylic acids is 3. The number of halogens is 2. The van der Waals surface area contributed by atoms with Crippen LogP contribution >= 0.6 is 23.2 Å². The summed E-state index contributed by atoms with van der Waals surface area (Å²) < 4.78 is 4.34. The maximum Gasteiger partial charge on any atom is 0.338 e. The van der Waals surface area contributed by atoms with Gasteiger partial charge in [0.15, 0.2) is 0 Å². The number of hydrogen-bond donors (Lipinski definition) is 0. The van der Waals surface area contributed by atoms with Gasteiger partial charge in [-0.25, -0.2) is 9.69 Å². The molecular weight excluding hydrogens is 329 g/mol. The number of imide groups is 1. The zero-order valence-corrected chi connectivity index (χ0v) is 12.8. The molecule has 0 radical (unpaired) electrons. The number of carbonyl (C=O) groups is 3. The monoisotopic (exact) mass is 339 g/mol. The Balaban J connectivity index is 1.63. The van der Waals surface area contributed by atoms with E-state index in [2.05, 4.69) is 0 Å². The van der Waals surface area contributed by atoms with E-state index in [1.807, 2.05) is 0 Å². The van der Waals surface area contributed by atoms with E-state index in [1.54, 1.807) is 0 Å². The Hall–Kier alpha value is -1.85. The van der Waals surface area contributed by atoms with Gasteiger partial charge >= 0.3 is 5.97 Å². The van der Waals surface area contributed by atoms with E-state index in [4.69, 9.17) is 27.9 Å². The minimum Gasteiger partial charge on any atom is -0.462 e. The van der Waals surface area contributed by atoms with E-state index in [0.717, 1.165) is 4.90 Å². The summed E-state index contributed by atoms with van der Waals surface area (Å²) in [6.07, 6.45) is 3.00. The first-order valence-electron chi connectivity index (χ1n) is 6.59. The molecule has 1 aromatic carbocycles. The summed E-state index contributed by atoms with van der Waals surface area (Å²) >= 11 is 11.7. The van der Waals surface area contributed by atoms with Gasteiger partial charge in [-0.15, -0.1) is 23.2 Å². The Morgan fingerprint density at radius 2 is 1.73 bits per heavy atom. The van der Waals surface area contributed by atoms with Gasteiger partial charge in [0.25, 0.3) is 11.8 Å². The van der Waals surface area contributed by atoms with E-state index in [0.29, 0.717) is 17.7 Å². The van der Waals surface area contributed by atoms with Crippen molar-refractivity contribution in [1.82, 2.24) is 0 Å². The predicted octanol–water partition coefficient (Wildman–Crippen LogP) is 2.47. The quantitative estimate of drug-likeness (QED) is 0.480. The minimum absolute atomic E-state index is 0.0371. The highest BCUT2D eigenvalue weighted by molar-refractivity contribution is 6.50. The standard InChI is InChI=1S/C15H11Cl2NO4/c16-15(17)7-10(15)8-22-14(21)9-1-3-11(4-2-9)18-12(19)5-6-13(18)20/h1-6,10H,7-8H2. The van der Waals surface area contributed by atoms with Crippen LogP contribution in [0.3, 0.4) is 0 Å². The van der Waals surface area contributed by atoms with Crippen molar-refractivity contribution in [1.29, 1.82) is 0 Å². The molecule has 1 aliphatic heterocycles. The Morgan fingerprint density at radius 3 is 2.23 bits per heavy atom. The molecule has 1 atom stereocenters. The van der Waals surface area contributed by atoms with Gasteiger partial charge in [-0.2, -0.15) is 0 Å². The van der Waals surface area contributed by atoms with Crippen LogP contribution < -0.4 is 4.90 Å². The lowest BCUT2D eigenvalue weighted by Gasteiger charge is -2.14. The van der Waals surface area contributed by atoms with E-state index in [1.165, 1.54) is 36.4 Å². The molecule has 5 nitrogen and oxygen atoms in total. The first kappa shape index (κ1) is 15.1. The van der Waals surface area contributed by atoms with Crippen molar-refractivity contribution >= 4 is 46.7 Å². The second-order valence-corrected chi connectivity index (χ2v) is 6.70. The van der Waals surface area contributed by atoms with Crippen LogP contribution in [0, 0.1) is 5.92 Å². The van der Waals surface area contributed by atoms with Gasteiger partial charge in [-0.1, -0.05) is 0 Å². The fourth-order valence-electron chi connectivity index (χ4n) is 2.11. The smallest absolute Gasteiger partial charge is 0.338 e. The van der Waals surface area contributed by atoms with Gasteiger partial charge < -0.3 is 4.74 Å². The van der Waals surface area contributed by atoms with Gasteiger partial charge in [-0.05, 0) is 30.7 Å². The van der Waals surface area contributed by atoms with Crippen LogP contribution in [-0.2, 0) is 14.3 Å². The summed E-state index contributed by atoms with van der Waals surface area (Å²) in [6, 6.07) is 6.03. The zero-order valence-electron chi connectivity index (χ0n) is 11.3. The average molecular weight is 340 g/mol. The van der Waals surface area contributed by atoms with Crippen molar-refractivity contribution < 1.29 is 19.1 Å². The third-order valence-electron chi connectivity index (χ3n) is 3.54. The predicted molar refractivity (Wildman–Crippen MR) is 80.9 cm³/mol. The molecule has 114 valence electrons. The number of esters is 1. The van der Waals surface area contributed by atoms with E-state index < -0.39 is 22.1 Å². The summed E-state index contributed by atoms with van der Waals surface area (Å²) in [5.74, 6) is -1.35. The number of ether oxygens (including phenoxy) is 1. The first-order chi connectivity index (χ1) is 10.4. The molecule has 0 bridgehead atoms. The van der Waals surface area contributed by atoms with Gasteiger partial charge in [-0.3, -0.25) is 9.59 Å². The maximum atomic E-state index is 11.9. The van der Waals surface area contributed by atoms with Crippen LogP contribution in [0.2, 0.25) is 0 Å². The van der Waals surface area contributed by atoms with Crippen molar-refractivity contribution in [2.24, 2.45) is 5.92 Å². The Bertz CT molecular complexity index is 663. The molecule has 0 spiro atoms. The number of anilines is 1. The molecule has 7 heteroatoms. The largest absolute Gasteiger partial charge is 0.462 e. The number of alkyl halides is 2. The summed E-state index contributed by atoms with van der Waals surface area (Å²) in [5, 5.41) is 0. The molecule has 1 aromatic rings. The number of hydrogen-bond acceptors (Lipinski definition) is 4. The number of nitrogens with zero attached hydrogens (tertiary/aromatic N) is 1. The van der Waals surface area contributed by atoms with Crippen LogP contribution in [0.25, 0.3) is 0 Å². The molecule has 0 N–H and O–H groups in total. The highest BCUT2D eigenvalue weighted by Gasteiger charge is 2.52. The minimum atomic E-state index is -0.784. The molecular formula is C15H11Cl2NO4. The molecule has 0 saturated heterocycles. The van der Waals surface area contributed by atoms with E-state index >= 15 is 0 Å². The second kappa shape index (κ2) is 5.41. The van der Waals surface area contributed by atoms with Crippen molar-refractivity contribution in [2.75, 3.05) is 11.5 Å². The zero-order chi connectivity index (χ0) is 15.9. The summed E-state index contributed by atoms with van der Waals surface area (Å²) in [4.78, 5) is 36.0. The SMILES string of the molecule is O=C(OCC1CC1(Cl)Cl)c1ccc(N2C(=O)C=CC2=O)cc1. The Kier molecular flexibility index (Phi) is 3.70. The Morgan fingerprint density at radius 1 is 1.18 bits per heavy atom. The second-order valence-electron chi connectivity index (χ2n) is 5.15. The summed E-state index contributed by atoms with van der Waals surface area (Å²) in [7, 11) is 0. The van der Waals surface area contributed by atoms with Crippen LogP contribution in [0.4, 0.5) is 5.69 Å². The average Bonchev–Trinajstić information content (AvgIpc) is 2.96. The van der Waals surface area contributed by atoms with Crippen LogP contribution in [-0.4, -0.2) is 28.7 Å². The number of rotatable bonds is 4. The lowest BCUT2D eigenvalue weighted by Crippen LogP contribution is -2.29. The third kappa shape index (κ3) is 2.87. The van der Waals surface area contributed by atoms with Gasteiger partial charge in [0, 0.05) is 18.1 Å². The molecule has 1 fully saturated rings. The maximum absolute atomic E-state index is 11.9. The first-order valence-corrected chi connectivity index (χ1v) is 7.35. The van der Waals surface area contributed by atoms with Gasteiger partial charge in [0.1, 0.15) is 4.33 Å². The highest BCUT2D eigenvalue weighted by atomic mass is 35.5. The lowest BCUT2D eigenvalue weighted by molar-refractivity contribution is -0.119. The summed E-state index contributed by atoms with van der Waals surface area (Å²) in [6.45, 7) is 0.167. The molecule has 1 aliphatic carbocycles. The normalized spacial score (nSPS) is 22.1. The van der Waals surface area contributed by atoms with E-state index in [-0.39, 0.29) is 12.5 Å². The topological polar surface area (TPSA) is 63.7 Å². The number of benzene rings is 1. The van der Waals surface area contributed by atoms with E-state index in [9.17, 15) is 14.4 Å². The molecule has 1 saturated carbocycles. The summed E-state index contributed by atoms with van der Waals surface area (Å²) in [5.41, 5.74) is 0.727. The van der Waals surface area contributed by atoms with Gasteiger partial charge in [0.2, 0.25) is 0 Å². The van der Waals surface area contributed by atoms with Crippen LogP contribution in [0.5, 0.6) is 0 Å². The highest BCUT2D eigenvalue weighted by Crippen LogP contribution is 2.53. The molecule has 3 rings (SSSR count). The third-order valence-corrected chi connectivity index (χ3v) is 4.47. The molecule has 1 unspecified atom stereocenters. The van der Waals surface area contributed by atoms with Crippen molar-refractivity contribution in [3.63, 3.8) is 0 Å². The molecule has 0 aromatic heterocycles.